The van der Waals surface area contributed by atoms with E-state index in [2.05, 4.69) is 15.8 Å². The van der Waals surface area contributed by atoms with Gasteiger partial charge in [-0.05, 0) is 66.1 Å². The Morgan fingerprint density at radius 2 is 1.64 bits per heavy atom. The second-order valence-electron chi connectivity index (χ2n) is 6.89. The fraction of sp³-hybridized carbons (Fsp3) is 0.120. The first-order chi connectivity index (χ1) is 16.0. The van der Waals surface area contributed by atoms with Crippen LogP contribution in [0.2, 0.25) is 0 Å². The molecule has 8 heteroatoms. The highest BCUT2D eigenvalue weighted by atomic mass is 16.5. The van der Waals surface area contributed by atoms with Crippen molar-refractivity contribution in [3.8, 4) is 11.5 Å². The van der Waals surface area contributed by atoms with Crippen molar-refractivity contribution in [1.29, 1.82) is 0 Å². The summed E-state index contributed by atoms with van der Waals surface area (Å²) in [7, 11) is 1.54. The molecule has 0 aromatic heterocycles. The second kappa shape index (κ2) is 11.2. The largest absolute Gasteiger partial charge is 0.497 e. The predicted molar refractivity (Wildman–Crippen MR) is 125 cm³/mol. The molecule has 0 heterocycles. The average molecular weight is 445 g/mol. The van der Waals surface area contributed by atoms with Crippen molar-refractivity contribution < 1.29 is 23.9 Å². The van der Waals surface area contributed by atoms with Gasteiger partial charge in [-0.15, -0.1) is 0 Å². The van der Waals surface area contributed by atoms with Crippen molar-refractivity contribution in [2.75, 3.05) is 12.4 Å². The maximum Gasteiger partial charge on any atom is 0.343 e. The summed E-state index contributed by atoms with van der Waals surface area (Å²) < 4.78 is 10.4. The molecule has 0 aliphatic heterocycles. The standard InChI is InChI=1S/C25H23N3O5/c1-3-17-7-11-20(12-8-17)27-23(29)24(30)28-26-16-18-5-4-6-22(15-18)33-25(31)19-9-13-21(32-2)14-10-19/h4-16H,3H2,1-2H3,(H,27,29)(H,28,30)/b26-16+. The monoisotopic (exact) mass is 445 g/mol. The van der Waals surface area contributed by atoms with E-state index >= 15 is 0 Å². The molecule has 2 amide bonds. The van der Waals surface area contributed by atoms with Crippen LogP contribution < -0.4 is 20.2 Å². The second-order valence-corrected chi connectivity index (χ2v) is 6.89. The van der Waals surface area contributed by atoms with E-state index in [-0.39, 0.29) is 0 Å². The predicted octanol–water partition coefficient (Wildman–Crippen LogP) is 3.57. The fourth-order valence-corrected chi connectivity index (χ4v) is 2.78. The van der Waals surface area contributed by atoms with Gasteiger partial charge < -0.3 is 14.8 Å². The van der Waals surface area contributed by atoms with Gasteiger partial charge in [-0.3, -0.25) is 9.59 Å². The van der Waals surface area contributed by atoms with Gasteiger partial charge >= 0.3 is 17.8 Å². The molecular weight excluding hydrogens is 422 g/mol. The number of carbonyl (C=O) groups excluding carboxylic acids is 3. The molecule has 0 unspecified atom stereocenters. The molecule has 3 rings (SSSR count). The zero-order valence-electron chi connectivity index (χ0n) is 18.2. The topological polar surface area (TPSA) is 106 Å². The molecule has 0 spiro atoms. The molecule has 0 fully saturated rings. The lowest BCUT2D eigenvalue weighted by atomic mass is 10.1. The minimum Gasteiger partial charge on any atom is -0.497 e. The number of methoxy groups -OCH3 is 1. The molecular formula is C25H23N3O5. The van der Waals surface area contributed by atoms with Crippen LogP contribution in [0, 0.1) is 0 Å². The molecule has 0 radical (unpaired) electrons. The van der Waals surface area contributed by atoms with Crippen molar-refractivity contribution in [3.63, 3.8) is 0 Å². The number of nitrogens with one attached hydrogen (secondary N) is 2. The Morgan fingerprint density at radius 3 is 2.30 bits per heavy atom. The number of nitrogens with zero attached hydrogens (tertiary/aromatic N) is 1. The number of benzene rings is 3. The molecule has 0 saturated heterocycles. The smallest absolute Gasteiger partial charge is 0.343 e. The van der Waals surface area contributed by atoms with Crippen LogP contribution in [0.15, 0.2) is 77.9 Å². The summed E-state index contributed by atoms with van der Waals surface area (Å²) in [6, 6.07) is 20.3. The molecule has 3 aromatic rings. The van der Waals surface area contributed by atoms with Crippen LogP contribution in [0.1, 0.15) is 28.4 Å². The highest BCUT2D eigenvalue weighted by molar-refractivity contribution is 6.39. The average Bonchev–Trinajstić information content (AvgIpc) is 2.84. The van der Waals surface area contributed by atoms with E-state index in [9.17, 15) is 14.4 Å². The highest BCUT2D eigenvalue weighted by Crippen LogP contribution is 2.16. The van der Waals surface area contributed by atoms with Gasteiger partial charge in [-0.2, -0.15) is 5.10 Å². The summed E-state index contributed by atoms with van der Waals surface area (Å²) in [5, 5.41) is 6.29. The quantitative estimate of drug-likeness (QED) is 0.190. The summed E-state index contributed by atoms with van der Waals surface area (Å²) in [5.74, 6) is -1.33. The number of anilines is 1. The Labute approximate surface area is 191 Å². The van der Waals surface area contributed by atoms with Crippen LogP contribution in [0.3, 0.4) is 0 Å². The maximum atomic E-state index is 12.3. The SMILES string of the molecule is CCc1ccc(NC(=O)C(=O)N/N=C/c2cccc(OC(=O)c3ccc(OC)cc3)c2)cc1. The van der Waals surface area contributed by atoms with Crippen LogP contribution in [-0.4, -0.2) is 31.1 Å². The number of amides is 2. The number of esters is 1. The zero-order chi connectivity index (χ0) is 23.6. The molecule has 8 nitrogen and oxygen atoms in total. The van der Waals surface area contributed by atoms with E-state index in [1.807, 2.05) is 19.1 Å². The van der Waals surface area contributed by atoms with Gasteiger partial charge in [0, 0.05) is 5.69 Å². The third kappa shape index (κ3) is 6.76. The van der Waals surface area contributed by atoms with Crippen LogP contribution in [-0.2, 0) is 16.0 Å². The molecule has 0 aliphatic carbocycles. The number of hydrazone groups is 1. The number of ether oxygens (including phenoxy) is 2. The van der Waals surface area contributed by atoms with Crippen LogP contribution in [0.5, 0.6) is 11.5 Å². The molecule has 3 aromatic carbocycles. The summed E-state index contributed by atoms with van der Waals surface area (Å²) in [5.41, 5.74) is 4.74. The molecule has 0 atom stereocenters. The summed E-state index contributed by atoms with van der Waals surface area (Å²) in [6.07, 6.45) is 2.22. The highest BCUT2D eigenvalue weighted by Gasteiger charge is 2.13. The Hall–Kier alpha value is -4.46. The van der Waals surface area contributed by atoms with Gasteiger partial charge in [-0.1, -0.05) is 31.2 Å². The number of hydrogen-bond donors (Lipinski definition) is 2. The molecule has 168 valence electrons. The fourth-order valence-electron chi connectivity index (χ4n) is 2.78. The summed E-state index contributed by atoms with van der Waals surface area (Å²) in [4.78, 5) is 36.2. The molecule has 33 heavy (non-hydrogen) atoms. The number of carbonyl (C=O) groups is 3. The molecule has 0 bridgehead atoms. The van der Waals surface area contributed by atoms with E-state index in [0.717, 1.165) is 12.0 Å². The Kier molecular flexibility index (Phi) is 7.91. The van der Waals surface area contributed by atoms with Crippen molar-refractivity contribution in [2.24, 2.45) is 5.10 Å². The first-order valence-electron chi connectivity index (χ1n) is 10.2. The Morgan fingerprint density at radius 1 is 0.909 bits per heavy atom. The molecule has 0 saturated carbocycles. The normalized spacial score (nSPS) is 10.5. The van der Waals surface area contributed by atoms with Gasteiger partial charge in [-0.25, -0.2) is 10.2 Å². The molecule has 2 N–H and O–H groups in total. The van der Waals surface area contributed by atoms with Crippen LogP contribution in [0.25, 0.3) is 0 Å². The van der Waals surface area contributed by atoms with Gasteiger partial charge in [0.2, 0.25) is 0 Å². The minimum absolute atomic E-state index is 0.305. The van der Waals surface area contributed by atoms with E-state index in [4.69, 9.17) is 9.47 Å². The minimum atomic E-state index is -0.909. The van der Waals surface area contributed by atoms with E-state index in [1.165, 1.54) is 6.21 Å². The summed E-state index contributed by atoms with van der Waals surface area (Å²) >= 11 is 0. The lowest BCUT2D eigenvalue weighted by molar-refractivity contribution is -0.136. The maximum absolute atomic E-state index is 12.3. The lowest BCUT2D eigenvalue weighted by Gasteiger charge is -2.06. The lowest BCUT2D eigenvalue weighted by Crippen LogP contribution is -2.32. The Bertz CT molecular complexity index is 1160. The number of hydrogen-bond acceptors (Lipinski definition) is 6. The summed E-state index contributed by atoms with van der Waals surface area (Å²) in [6.45, 7) is 2.03. The number of aryl methyl sites for hydroxylation is 1. The first kappa shape index (κ1) is 23.2. The van der Waals surface area contributed by atoms with Crippen LogP contribution >= 0.6 is 0 Å². The molecule has 0 aliphatic rings. The van der Waals surface area contributed by atoms with Crippen molar-refractivity contribution in [3.05, 3.63) is 89.5 Å². The first-order valence-corrected chi connectivity index (χ1v) is 10.2. The van der Waals surface area contributed by atoms with Gasteiger partial charge in [0.1, 0.15) is 11.5 Å². The van der Waals surface area contributed by atoms with Gasteiger partial charge in [0.05, 0.1) is 18.9 Å². The van der Waals surface area contributed by atoms with E-state index in [0.29, 0.717) is 28.3 Å². The van der Waals surface area contributed by atoms with Crippen molar-refractivity contribution in [2.45, 2.75) is 13.3 Å². The van der Waals surface area contributed by atoms with E-state index in [1.54, 1.807) is 67.8 Å². The van der Waals surface area contributed by atoms with Gasteiger partial charge in [0.25, 0.3) is 0 Å². The van der Waals surface area contributed by atoms with Crippen molar-refractivity contribution >= 4 is 29.7 Å². The van der Waals surface area contributed by atoms with Gasteiger partial charge in [0.15, 0.2) is 0 Å². The van der Waals surface area contributed by atoms with Crippen molar-refractivity contribution in [1.82, 2.24) is 5.43 Å². The third-order valence-electron chi connectivity index (χ3n) is 4.60. The zero-order valence-corrected chi connectivity index (χ0v) is 18.2. The number of rotatable bonds is 7. The Balaban J connectivity index is 1.54. The van der Waals surface area contributed by atoms with E-state index < -0.39 is 17.8 Å². The third-order valence-corrected chi connectivity index (χ3v) is 4.60. The van der Waals surface area contributed by atoms with Crippen LogP contribution in [0.4, 0.5) is 5.69 Å².